The van der Waals surface area contributed by atoms with E-state index < -0.39 is 4.92 Å². The van der Waals surface area contributed by atoms with E-state index in [1.165, 1.54) is 11.1 Å². The van der Waals surface area contributed by atoms with E-state index in [-0.39, 0.29) is 17.8 Å². The van der Waals surface area contributed by atoms with E-state index in [0.717, 1.165) is 37.5 Å². The van der Waals surface area contributed by atoms with Gasteiger partial charge in [0.2, 0.25) is 0 Å². The number of ether oxygens (including phenoxy) is 2. The number of carbonyl (C=O) groups is 1. The molecule has 1 amide bonds. The van der Waals surface area contributed by atoms with Gasteiger partial charge in [0.25, 0.3) is 5.91 Å². The van der Waals surface area contributed by atoms with Crippen molar-refractivity contribution in [1.82, 2.24) is 18.8 Å². The van der Waals surface area contributed by atoms with Gasteiger partial charge in [-0.25, -0.2) is 4.31 Å². The number of methoxy groups -OCH3 is 1. The molecule has 184 valence electrons. The van der Waals surface area contributed by atoms with Crippen molar-refractivity contribution in [2.24, 2.45) is 0 Å². The lowest BCUT2D eigenvalue weighted by atomic mass is 10.2. The van der Waals surface area contributed by atoms with Crippen molar-refractivity contribution in [3.05, 3.63) is 76.5 Å². The SMILES string of the molecule is CC1Cn2cc([N+](=O)[O-])nc2O1.COc1ccc(SN2CCN(C(=O)c3ccccc3)CC2)cc1. The van der Waals surface area contributed by atoms with Crippen LogP contribution < -0.4 is 9.47 Å². The average molecular weight is 498 g/mol. The van der Waals surface area contributed by atoms with Gasteiger partial charge >= 0.3 is 11.8 Å². The Morgan fingerprint density at radius 2 is 1.80 bits per heavy atom. The van der Waals surface area contributed by atoms with Gasteiger partial charge < -0.3 is 24.5 Å². The van der Waals surface area contributed by atoms with E-state index in [0.29, 0.717) is 12.6 Å². The van der Waals surface area contributed by atoms with Crippen molar-refractivity contribution in [2.45, 2.75) is 24.5 Å². The first-order valence-corrected chi connectivity index (χ1v) is 12.0. The molecule has 0 radical (unpaired) electrons. The Morgan fingerprint density at radius 1 is 1.11 bits per heavy atom. The molecule has 2 aromatic carbocycles. The van der Waals surface area contributed by atoms with Crippen molar-refractivity contribution in [2.75, 3.05) is 33.3 Å². The third kappa shape index (κ3) is 6.31. The molecule has 11 heteroatoms. The Morgan fingerprint density at radius 3 is 2.40 bits per heavy atom. The lowest BCUT2D eigenvalue weighted by Gasteiger charge is -2.33. The molecule has 1 unspecified atom stereocenters. The van der Waals surface area contributed by atoms with E-state index in [1.807, 2.05) is 54.3 Å². The molecule has 0 bridgehead atoms. The van der Waals surface area contributed by atoms with Crippen LogP contribution in [0, 0.1) is 10.1 Å². The van der Waals surface area contributed by atoms with Crippen LogP contribution in [-0.4, -0.2) is 69.0 Å². The molecule has 10 nitrogen and oxygen atoms in total. The first-order chi connectivity index (χ1) is 16.9. The Labute approximate surface area is 207 Å². The number of rotatable bonds is 5. The summed E-state index contributed by atoms with van der Waals surface area (Å²) in [5.74, 6) is 0.837. The Balaban J connectivity index is 0.000000201. The van der Waals surface area contributed by atoms with Gasteiger partial charge in [0, 0.05) is 41.6 Å². The van der Waals surface area contributed by atoms with Crippen molar-refractivity contribution in [3.8, 4) is 11.8 Å². The highest BCUT2D eigenvalue weighted by Crippen LogP contribution is 2.26. The van der Waals surface area contributed by atoms with Gasteiger partial charge in [-0.05, 0) is 60.2 Å². The molecule has 0 N–H and O–H groups in total. The van der Waals surface area contributed by atoms with E-state index >= 15 is 0 Å². The van der Waals surface area contributed by atoms with Crippen molar-refractivity contribution in [3.63, 3.8) is 0 Å². The van der Waals surface area contributed by atoms with Crippen LogP contribution in [0.15, 0.2) is 65.7 Å². The maximum Gasteiger partial charge on any atom is 0.414 e. The molecule has 1 fully saturated rings. The van der Waals surface area contributed by atoms with Gasteiger partial charge in [0.05, 0.1) is 13.7 Å². The Kier molecular flexibility index (Phi) is 7.88. The third-order valence-electron chi connectivity index (χ3n) is 5.52. The molecule has 0 spiro atoms. The predicted octanol–water partition coefficient (Wildman–Crippen LogP) is 3.73. The zero-order chi connectivity index (χ0) is 24.8. The first-order valence-electron chi connectivity index (χ1n) is 11.2. The minimum atomic E-state index is -0.528. The topological polar surface area (TPSA) is 103 Å². The summed E-state index contributed by atoms with van der Waals surface area (Å²) < 4.78 is 14.3. The molecule has 2 aliphatic heterocycles. The lowest BCUT2D eigenvalue weighted by molar-refractivity contribution is -0.389. The molecule has 1 aromatic heterocycles. The molecule has 0 saturated carbocycles. The largest absolute Gasteiger partial charge is 0.497 e. The normalized spacial score (nSPS) is 17.1. The van der Waals surface area contributed by atoms with Crippen LogP contribution in [0.25, 0.3) is 0 Å². The van der Waals surface area contributed by atoms with Gasteiger partial charge in [-0.15, -0.1) is 0 Å². The number of amides is 1. The average Bonchev–Trinajstić information content (AvgIpc) is 3.43. The Bertz CT molecular complexity index is 1120. The molecular weight excluding hydrogens is 470 g/mol. The van der Waals surface area contributed by atoms with Crippen LogP contribution in [0.3, 0.4) is 0 Å². The third-order valence-corrected chi connectivity index (χ3v) is 6.62. The van der Waals surface area contributed by atoms with Gasteiger partial charge in [-0.3, -0.25) is 9.36 Å². The second-order valence-electron chi connectivity index (χ2n) is 8.07. The fraction of sp³-hybridized carbons (Fsp3) is 0.333. The van der Waals surface area contributed by atoms with E-state index in [1.54, 1.807) is 23.6 Å². The van der Waals surface area contributed by atoms with Crippen LogP contribution in [-0.2, 0) is 6.54 Å². The van der Waals surface area contributed by atoms with Crippen LogP contribution in [0.1, 0.15) is 17.3 Å². The highest BCUT2D eigenvalue weighted by Gasteiger charge is 2.28. The fourth-order valence-corrected chi connectivity index (χ4v) is 4.63. The van der Waals surface area contributed by atoms with Gasteiger partial charge in [0.15, 0.2) is 0 Å². The molecule has 1 atom stereocenters. The Hall–Kier alpha value is -3.57. The summed E-state index contributed by atoms with van der Waals surface area (Å²) in [6, 6.07) is 17.9. The fourth-order valence-electron chi connectivity index (χ4n) is 3.72. The van der Waals surface area contributed by atoms with E-state index in [4.69, 9.17) is 9.47 Å². The number of aromatic nitrogens is 2. The number of fused-ring (bicyclic) bond motifs is 1. The maximum atomic E-state index is 12.4. The second kappa shape index (κ2) is 11.2. The molecular formula is C24H27N5O5S. The zero-order valence-electron chi connectivity index (χ0n) is 19.6. The summed E-state index contributed by atoms with van der Waals surface area (Å²) in [6.07, 6.45) is 1.45. The highest BCUT2D eigenvalue weighted by atomic mass is 32.2. The van der Waals surface area contributed by atoms with Crippen molar-refractivity contribution < 1.29 is 19.2 Å². The number of imidazole rings is 1. The number of piperazine rings is 1. The van der Waals surface area contributed by atoms with Crippen LogP contribution >= 0.6 is 11.9 Å². The lowest BCUT2D eigenvalue weighted by Crippen LogP contribution is -2.46. The van der Waals surface area contributed by atoms with Crippen LogP contribution in [0.5, 0.6) is 11.8 Å². The number of hydrogen-bond donors (Lipinski definition) is 0. The minimum Gasteiger partial charge on any atom is -0.497 e. The van der Waals surface area contributed by atoms with Gasteiger partial charge in [-0.2, -0.15) is 0 Å². The van der Waals surface area contributed by atoms with E-state index in [9.17, 15) is 14.9 Å². The second-order valence-corrected chi connectivity index (χ2v) is 9.24. The van der Waals surface area contributed by atoms with Gasteiger partial charge in [-0.1, -0.05) is 18.2 Å². The van der Waals surface area contributed by atoms with Gasteiger partial charge in [0.1, 0.15) is 18.1 Å². The van der Waals surface area contributed by atoms with Crippen LogP contribution in [0.4, 0.5) is 5.82 Å². The molecule has 0 aliphatic carbocycles. The number of benzene rings is 2. The number of nitro groups is 1. The molecule has 35 heavy (non-hydrogen) atoms. The number of hydrogen-bond acceptors (Lipinski definition) is 8. The molecule has 5 rings (SSSR count). The standard InChI is InChI=1S/C18H20N2O2S.C6H7N3O3/c1-22-16-7-9-17(10-8-16)23-20-13-11-19(12-14-20)18(21)15-5-3-2-4-6-15;1-4-2-8-3-5(9(10)11)7-6(8)12-4/h2-10H,11-14H2,1H3;3-4H,2H2,1H3. The quantitative estimate of drug-likeness (QED) is 0.298. The minimum absolute atomic E-state index is 0.0632. The summed E-state index contributed by atoms with van der Waals surface area (Å²) in [5, 5.41) is 10.3. The first kappa shape index (κ1) is 24.6. The molecule has 2 aliphatic rings. The predicted molar refractivity (Wildman–Crippen MR) is 132 cm³/mol. The molecule has 3 aromatic rings. The smallest absolute Gasteiger partial charge is 0.414 e. The number of nitrogens with zero attached hydrogens (tertiary/aromatic N) is 5. The number of carbonyl (C=O) groups excluding carboxylic acids is 1. The molecule has 3 heterocycles. The van der Waals surface area contributed by atoms with Crippen molar-refractivity contribution >= 4 is 23.7 Å². The van der Waals surface area contributed by atoms with E-state index in [2.05, 4.69) is 21.4 Å². The highest BCUT2D eigenvalue weighted by molar-refractivity contribution is 7.97. The summed E-state index contributed by atoms with van der Waals surface area (Å²) in [7, 11) is 1.67. The summed E-state index contributed by atoms with van der Waals surface area (Å²) in [6.45, 7) is 5.79. The van der Waals surface area contributed by atoms with Crippen molar-refractivity contribution in [1.29, 1.82) is 0 Å². The summed E-state index contributed by atoms with van der Waals surface area (Å²) in [5.41, 5.74) is 0.767. The molecule has 1 saturated heterocycles. The summed E-state index contributed by atoms with van der Waals surface area (Å²) >= 11 is 1.73. The zero-order valence-corrected chi connectivity index (χ0v) is 20.4. The summed E-state index contributed by atoms with van der Waals surface area (Å²) in [4.78, 5) is 29.0. The van der Waals surface area contributed by atoms with Crippen LogP contribution in [0.2, 0.25) is 0 Å². The maximum absolute atomic E-state index is 12.4. The monoisotopic (exact) mass is 497 g/mol.